The largest absolute Gasteiger partial charge is 0.465 e. The van der Waals surface area contributed by atoms with Crippen molar-refractivity contribution < 1.29 is 27.2 Å². The van der Waals surface area contributed by atoms with E-state index < -0.39 is 16.0 Å². The standard InChI is InChI=1S/C34H30Cl2N2O6S/c1-23-32(34(40)43-2)31(33(39)38(23)19-18-24-6-4-3-5-7-24)20-28-14-15-29(44-28)22-37(21-25-8-10-26(35)11-9-25)45(41,42)30-16-12-27(36)13-17-30/h3-17,20H,18-19,21-22H2,1-2H3/b31-20+. The van der Waals surface area contributed by atoms with Gasteiger partial charge in [-0.15, -0.1) is 0 Å². The Hall–Kier alpha value is -4.15. The highest BCUT2D eigenvalue weighted by Gasteiger charge is 2.37. The Morgan fingerprint density at radius 1 is 0.889 bits per heavy atom. The molecule has 5 rings (SSSR count). The SMILES string of the molecule is COC(=O)C1=C(C)N(CCc2ccccc2)C(=O)/C1=C/c1ccc(CN(Cc2ccc(Cl)cc2)S(=O)(=O)c2ccc(Cl)cc2)o1. The summed E-state index contributed by atoms with van der Waals surface area (Å²) in [5.41, 5.74) is 2.57. The summed E-state index contributed by atoms with van der Waals surface area (Å²) in [7, 11) is -2.71. The van der Waals surface area contributed by atoms with E-state index in [1.165, 1.54) is 41.8 Å². The zero-order chi connectivity index (χ0) is 32.1. The van der Waals surface area contributed by atoms with Crippen molar-refractivity contribution >= 4 is 51.2 Å². The summed E-state index contributed by atoms with van der Waals surface area (Å²) < 4.78 is 39.8. The molecule has 0 saturated carbocycles. The highest BCUT2D eigenvalue weighted by atomic mass is 35.5. The number of benzene rings is 3. The predicted octanol–water partition coefficient (Wildman–Crippen LogP) is 6.89. The molecule has 0 atom stereocenters. The van der Waals surface area contributed by atoms with Crippen molar-refractivity contribution in [3.63, 3.8) is 0 Å². The average molecular weight is 666 g/mol. The van der Waals surface area contributed by atoms with Crippen LogP contribution in [0.2, 0.25) is 10.0 Å². The van der Waals surface area contributed by atoms with E-state index in [0.717, 1.165) is 11.1 Å². The summed E-state index contributed by atoms with van der Waals surface area (Å²) in [5.74, 6) is -0.372. The van der Waals surface area contributed by atoms with Gasteiger partial charge in [0.05, 0.1) is 29.7 Å². The smallest absolute Gasteiger partial charge is 0.340 e. The minimum Gasteiger partial charge on any atom is -0.465 e. The molecule has 0 N–H and O–H groups in total. The van der Waals surface area contributed by atoms with Crippen molar-refractivity contribution in [1.29, 1.82) is 0 Å². The quantitative estimate of drug-likeness (QED) is 0.128. The number of methoxy groups -OCH3 is 1. The number of rotatable bonds is 11. The molecule has 45 heavy (non-hydrogen) atoms. The topological polar surface area (TPSA) is 97.1 Å². The van der Waals surface area contributed by atoms with Gasteiger partial charge in [-0.25, -0.2) is 13.2 Å². The maximum atomic E-state index is 13.7. The zero-order valence-electron chi connectivity index (χ0n) is 24.6. The third kappa shape index (κ3) is 7.40. The number of carbonyl (C=O) groups excluding carboxylic acids is 2. The van der Waals surface area contributed by atoms with Crippen LogP contribution in [-0.4, -0.2) is 43.2 Å². The van der Waals surface area contributed by atoms with Gasteiger partial charge in [-0.3, -0.25) is 4.79 Å². The minimum absolute atomic E-state index is 0.0442. The summed E-state index contributed by atoms with van der Waals surface area (Å²) in [5, 5.41) is 0.947. The summed E-state index contributed by atoms with van der Waals surface area (Å²) in [6.45, 7) is 2.02. The molecule has 0 fully saturated rings. The Morgan fingerprint density at radius 3 is 2.18 bits per heavy atom. The number of sulfonamides is 1. The molecule has 4 aromatic rings. The third-order valence-electron chi connectivity index (χ3n) is 7.39. The molecule has 0 radical (unpaired) electrons. The number of furan rings is 1. The molecule has 1 aliphatic rings. The van der Waals surface area contributed by atoms with E-state index in [9.17, 15) is 18.0 Å². The normalized spacial score (nSPS) is 14.6. The molecule has 1 aliphatic heterocycles. The van der Waals surface area contributed by atoms with Crippen molar-refractivity contribution in [1.82, 2.24) is 9.21 Å². The zero-order valence-corrected chi connectivity index (χ0v) is 26.9. The Balaban J connectivity index is 1.42. The van der Waals surface area contributed by atoms with Crippen LogP contribution in [0, 0.1) is 0 Å². The van der Waals surface area contributed by atoms with E-state index in [4.69, 9.17) is 32.4 Å². The number of allylic oxidation sites excluding steroid dienone is 1. The summed E-state index contributed by atoms with van der Waals surface area (Å²) >= 11 is 12.0. The second-order valence-electron chi connectivity index (χ2n) is 10.4. The lowest BCUT2D eigenvalue weighted by Gasteiger charge is -2.21. The number of nitrogens with zero attached hydrogens (tertiary/aromatic N) is 2. The van der Waals surface area contributed by atoms with Crippen LogP contribution in [-0.2, 0) is 43.9 Å². The fourth-order valence-corrected chi connectivity index (χ4v) is 6.68. The van der Waals surface area contributed by atoms with Gasteiger partial charge in [0.15, 0.2) is 0 Å². The van der Waals surface area contributed by atoms with Gasteiger partial charge in [0.1, 0.15) is 11.5 Å². The number of hydrogen-bond donors (Lipinski definition) is 0. The monoisotopic (exact) mass is 664 g/mol. The number of ether oxygens (including phenoxy) is 1. The number of hydrogen-bond acceptors (Lipinski definition) is 6. The number of amides is 1. The van der Waals surface area contributed by atoms with Crippen LogP contribution in [0.15, 0.2) is 117 Å². The second kappa shape index (κ2) is 13.9. The lowest BCUT2D eigenvalue weighted by Crippen LogP contribution is -2.30. The van der Waals surface area contributed by atoms with E-state index in [1.807, 2.05) is 30.3 Å². The first-order valence-electron chi connectivity index (χ1n) is 14.0. The van der Waals surface area contributed by atoms with Crippen molar-refractivity contribution in [2.45, 2.75) is 31.3 Å². The van der Waals surface area contributed by atoms with Crippen LogP contribution in [0.3, 0.4) is 0 Å². The van der Waals surface area contributed by atoms with E-state index in [2.05, 4.69) is 0 Å². The predicted molar refractivity (Wildman–Crippen MR) is 173 cm³/mol. The lowest BCUT2D eigenvalue weighted by molar-refractivity contribution is -0.136. The molecule has 3 aromatic carbocycles. The second-order valence-corrected chi connectivity index (χ2v) is 13.2. The Labute approximate surface area is 272 Å². The average Bonchev–Trinajstić information content (AvgIpc) is 3.57. The van der Waals surface area contributed by atoms with Gasteiger partial charge in [-0.1, -0.05) is 65.7 Å². The molecule has 0 aliphatic carbocycles. The van der Waals surface area contributed by atoms with Gasteiger partial charge in [0, 0.05) is 28.8 Å². The van der Waals surface area contributed by atoms with Crippen molar-refractivity contribution in [3.05, 3.63) is 141 Å². The maximum Gasteiger partial charge on any atom is 0.340 e. The van der Waals surface area contributed by atoms with Gasteiger partial charge in [0.2, 0.25) is 10.0 Å². The van der Waals surface area contributed by atoms with Crippen molar-refractivity contribution in [2.75, 3.05) is 13.7 Å². The fraction of sp³-hybridized carbons (Fsp3) is 0.176. The summed E-state index contributed by atoms with van der Waals surface area (Å²) in [6.07, 6.45) is 2.09. The Kier molecular flexibility index (Phi) is 9.94. The molecule has 1 amide bonds. The molecule has 0 saturated heterocycles. The van der Waals surface area contributed by atoms with Gasteiger partial charge in [-0.2, -0.15) is 4.31 Å². The van der Waals surface area contributed by atoms with Crippen LogP contribution < -0.4 is 0 Å². The number of carbonyl (C=O) groups is 2. The molecule has 0 bridgehead atoms. The Morgan fingerprint density at radius 2 is 1.53 bits per heavy atom. The lowest BCUT2D eigenvalue weighted by atomic mass is 10.1. The van der Waals surface area contributed by atoms with Gasteiger partial charge >= 0.3 is 5.97 Å². The Bertz CT molecular complexity index is 1870. The first-order valence-corrected chi connectivity index (χ1v) is 16.2. The number of halogens is 2. The molecule has 0 unspecified atom stereocenters. The van der Waals surface area contributed by atoms with Crippen LogP contribution in [0.1, 0.15) is 29.6 Å². The van der Waals surface area contributed by atoms with Crippen LogP contribution in [0.5, 0.6) is 0 Å². The molecule has 232 valence electrons. The first-order chi connectivity index (χ1) is 21.6. The maximum absolute atomic E-state index is 13.7. The molecule has 0 spiro atoms. The summed E-state index contributed by atoms with van der Waals surface area (Å²) in [6, 6.07) is 25.8. The highest BCUT2D eigenvalue weighted by molar-refractivity contribution is 7.89. The minimum atomic E-state index is -3.98. The number of esters is 1. The van der Waals surface area contributed by atoms with Crippen molar-refractivity contribution in [3.8, 4) is 0 Å². The van der Waals surface area contributed by atoms with E-state index in [-0.39, 0.29) is 40.8 Å². The van der Waals surface area contributed by atoms with Crippen LogP contribution in [0.4, 0.5) is 0 Å². The highest BCUT2D eigenvalue weighted by Crippen LogP contribution is 2.32. The van der Waals surface area contributed by atoms with E-state index >= 15 is 0 Å². The van der Waals surface area contributed by atoms with Crippen LogP contribution in [0.25, 0.3) is 6.08 Å². The molecule has 11 heteroatoms. The first kappa shape index (κ1) is 32.2. The molecular formula is C34H30Cl2N2O6S. The van der Waals surface area contributed by atoms with Gasteiger partial charge < -0.3 is 14.1 Å². The third-order valence-corrected chi connectivity index (χ3v) is 9.70. The fourth-order valence-electron chi connectivity index (χ4n) is 5.03. The van der Waals surface area contributed by atoms with Gasteiger partial charge in [-0.05, 0) is 79.1 Å². The molecule has 8 nitrogen and oxygen atoms in total. The molecular weight excluding hydrogens is 635 g/mol. The summed E-state index contributed by atoms with van der Waals surface area (Å²) in [4.78, 5) is 28.0. The van der Waals surface area contributed by atoms with Crippen molar-refractivity contribution in [2.24, 2.45) is 0 Å². The molecule has 1 aromatic heterocycles. The van der Waals surface area contributed by atoms with E-state index in [0.29, 0.717) is 34.5 Å². The van der Waals surface area contributed by atoms with Gasteiger partial charge in [0.25, 0.3) is 5.91 Å². The van der Waals surface area contributed by atoms with Crippen LogP contribution >= 0.6 is 23.2 Å². The van der Waals surface area contributed by atoms with E-state index in [1.54, 1.807) is 48.2 Å². The molecule has 2 heterocycles.